The van der Waals surface area contributed by atoms with Crippen LogP contribution in [0.3, 0.4) is 0 Å². The summed E-state index contributed by atoms with van der Waals surface area (Å²) in [6.07, 6.45) is 50.2. The average Bonchev–Trinajstić information content (AvgIpc) is 3.16. The van der Waals surface area contributed by atoms with E-state index in [0.29, 0.717) is 6.42 Å². The highest BCUT2D eigenvalue weighted by atomic mass is 31.2. The summed E-state index contributed by atoms with van der Waals surface area (Å²) in [6.45, 7) is 4.09. The number of hydrogen-bond acceptors (Lipinski definition) is 6. The number of amides is 1. The summed E-state index contributed by atoms with van der Waals surface area (Å²) in [5.74, 6) is -0.210. The molecule has 1 amide bonds. The highest BCUT2D eigenvalue weighted by molar-refractivity contribution is 7.47. The molecule has 0 aromatic rings. The van der Waals surface area contributed by atoms with Crippen LogP contribution in [-0.4, -0.2) is 47.8 Å². The number of nitrogens with one attached hydrogen (secondary N) is 1. The Labute approximate surface area is 332 Å². The largest absolute Gasteiger partial charge is 0.472 e. The fraction of sp³-hybridized carbons (Fsp3) is 0.800. The lowest BCUT2D eigenvalue weighted by atomic mass is 10.1. The molecule has 5 N–H and O–H groups in total. The molecule has 0 saturated heterocycles. The van der Waals surface area contributed by atoms with Gasteiger partial charge in [-0.25, -0.2) is 4.57 Å². The van der Waals surface area contributed by atoms with E-state index in [1.165, 1.54) is 135 Å². The van der Waals surface area contributed by atoms with Gasteiger partial charge < -0.3 is 21.1 Å². The van der Waals surface area contributed by atoms with Gasteiger partial charge in [0, 0.05) is 13.0 Å². The number of phosphoric acid groups is 1. The molecule has 0 aromatic carbocycles. The first kappa shape index (κ1) is 52.5. The van der Waals surface area contributed by atoms with Gasteiger partial charge in [-0.15, -0.1) is 0 Å². The molecule has 0 radical (unpaired) electrons. The van der Waals surface area contributed by atoms with Crippen LogP contribution in [0.1, 0.15) is 200 Å². The maximum absolute atomic E-state index is 12.8. The first-order chi connectivity index (χ1) is 26.4. The number of phosphoric ester groups is 1. The lowest BCUT2D eigenvalue weighted by Gasteiger charge is -2.23. The summed E-state index contributed by atoms with van der Waals surface area (Å²) in [5.41, 5.74) is 5.37. The predicted octanol–water partition coefficient (Wildman–Crippen LogP) is 12.5. The van der Waals surface area contributed by atoms with Crippen LogP contribution in [0.4, 0.5) is 0 Å². The fourth-order valence-corrected chi connectivity index (χ4v) is 7.00. The minimum absolute atomic E-state index is 0.0721. The molecule has 54 heavy (non-hydrogen) atoms. The molecule has 3 unspecified atom stereocenters. The van der Waals surface area contributed by atoms with Crippen molar-refractivity contribution in [1.29, 1.82) is 0 Å². The SMILES string of the molecule is CCCCCCC/C=C\C/C=C\CCCCCCCCCCCC(=O)NC(COP(=O)(O)OCCN)C(O)/C=C/CC/C=C/CCCCCCCCCC. The van der Waals surface area contributed by atoms with Crippen molar-refractivity contribution in [1.82, 2.24) is 5.32 Å². The molecule has 0 heterocycles. The van der Waals surface area contributed by atoms with Crippen molar-refractivity contribution in [2.24, 2.45) is 5.73 Å². The van der Waals surface area contributed by atoms with Gasteiger partial charge in [-0.05, 0) is 64.2 Å². The molecule has 3 atom stereocenters. The van der Waals surface area contributed by atoms with Crippen LogP contribution in [0.25, 0.3) is 0 Å². The number of carbonyl (C=O) groups excluding carboxylic acids is 1. The Bertz CT molecular complexity index is 985. The van der Waals surface area contributed by atoms with Gasteiger partial charge in [0.1, 0.15) is 0 Å². The zero-order chi connectivity index (χ0) is 39.6. The van der Waals surface area contributed by atoms with E-state index in [1.807, 2.05) is 6.08 Å². The van der Waals surface area contributed by atoms with E-state index in [9.17, 15) is 19.4 Å². The normalized spacial score (nSPS) is 14.5. The molecule has 0 aliphatic heterocycles. The number of carbonyl (C=O) groups is 1. The fourth-order valence-electron chi connectivity index (χ4n) is 6.24. The number of allylic oxidation sites excluding steroid dienone is 7. The first-order valence-corrected chi connectivity index (χ1v) is 23.8. The van der Waals surface area contributed by atoms with Gasteiger partial charge in [-0.2, -0.15) is 0 Å². The van der Waals surface area contributed by atoms with Crippen LogP contribution in [0.15, 0.2) is 48.6 Å². The van der Waals surface area contributed by atoms with Crippen LogP contribution in [-0.2, 0) is 18.4 Å². The third-order valence-corrected chi connectivity index (χ3v) is 10.6. The number of nitrogens with two attached hydrogens (primary N) is 1. The molecular formula is C45H85N2O6P. The Morgan fingerprint density at radius 3 is 1.54 bits per heavy atom. The van der Waals surface area contributed by atoms with Crippen LogP contribution in [0, 0.1) is 0 Å². The lowest BCUT2D eigenvalue weighted by molar-refractivity contribution is -0.123. The van der Waals surface area contributed by atoms with Crippen LogP contribution in [0.5, 0.6) is 0 Å². The van der Waals surface area contributed by atoms with Gasteiger partial charge in [0.2, 0.25) is 5.91 Å². The van der Waals surface area contributed by atoms with E-state index in [1.54, 1.807) is 6.08 Å². The summed E-state index contributed by atoms with van der Waals surface area (Å²) in [7, 11) is -4.35. The maximum Gasteiger partial charge on any atom is 0.472 e. The molecule has 0 aromatic heterocycles. The maximum atomic E-state index is 12.8. The number of rotatable bonds is 41. The van der Waals surface area contributed by atoms with Crippen molar-refractivity contribution in [2.75, 3.05) is 19.8 Å². The van der Waals surface area contributed by atoms with Gasteiger partial charge in [0.15, 0.2) is 0 Å². The summed E-state index contributed by atoms with van der Waals surface area (Å²) >= 11 is 0. The minimum atomic E-state index is -4.35. The molecule has 9 heteroatoms. The van der Waals surface area contributed by atoms with E-state index in [2.05, 4.69) is 55.6 Å². The molecule has 0 spiro atoms. The Hall–Kier alpha value is -1.54. The summed E-state index contributed by atoms with van der Waals surface area (Å²) in [5, 5.41) is 13.6. The summed E-state index contributed by atoms with van der Waals surface area (Å²) in [4.78, 5) is 22.7. The van der Waals surface area contributed by atoms with Crippen LogP contribution in [0.2, 0.25) is 0 Å². The molecule has 0 bridgehead atoms. The lowest BCUT2D eigenvalue weighted by Crippen LogP contribution is -2.45. The summed E-state index contributed by atoms with van der Waals surface area (Å²) < 4.78 is 22.1. The third-order valence-electron chi connectivity index (χ3n) is 9.63. The van der Waals surface area contributed by atoms with Crippen molar-refractivity contribution >= 4 is 13.7 Å². The van der Waals surface area contributed by atoms with E-state index in [0.717, 1.165) is 44.9 Å². The van der Waals surface area contributed by atoms with Crippen molar-refractivity contribution in [2.45, 2.75) is 212 Å². The zero-order valence-corrected chi connectivity index (χ0v) is 35.8. The Morgan fingerprint density at radius 1 is 0.611 bits per heavy atom. The smallest absolute Gasteiger partial charge is 0.387 e. The van der Waals surface area contributed by atoms with E-state index >= 15 is 0 Å². The molecular weight excluding hydrogens is 695 g/mol. The first-order valence-electron chi connectivity index (χ1n) is 22.3. The van der Waals surface area contributed by atoms with Gasteiger partial charge in [0.25, 0.3) is 0 Å². The Morgan fingerprint density at radius 2 is 1.04 bits per heavy atom. The van der Waals surface area contributed by atoms with Crippen molar-refractivity contribution in [3.63, 3.8) is 0 Å². The third kappa shape index (κ3) is 38.7. The Kier molecular flexibility index (Phi) is 39.9. The van der Waals surface area contributed by atoms with Crippen molar-refractivity contribution in [3.8, 4) is 0 Å². The van der Waals surface area contributed by atoms with Crippen LogP contribution >= 0.6 is 7.82 Å². The molecule has 0 aliphatic rings. The van der Waals surface area contributed by atoms with Gasteiger partial charge in [-0.3, -0.25) is 13.8 Å². The highest BCUT2D eigenvalue weighted by Crippen LogP contribution is 2.43. The van der Waals surface area contributed by atoms with Crippen molar-refractivity contribution < 1.29 is 28.4 Å². The van der Waals surface area contributed by atoms with E-state index < -0.39 is 20.0 Å². The Balaban J connectivity index is 4.21. The van der Waals surface area contributed by atoms with E-state index in [-0.39, 0.29) is 25.7 Å². The second-order valence-corrected chi connectivity index (χ2v) is 16.3. The van der Waals surface area contributed by atoms with Gasteiger partial charge >= 0.3 is 7.82 Å². The minimum Gasteiger partial charge on any atom is -0.387 e. The van der Waals surface area contributed by atoms with Crippen LogP contribution < -0.4 is 11.1 Å². The molecule has 316 valence electrons. The highest BCUT2D eigenvalue weighted by Gasteiger charge is 2.26. The number of aliphatic hydroxyl groups excluding tert-OH is 1. The quantitative estimate of drug-likeness (QED) is 0.0276. The second-order valence-electron chi connectivity index (χ2n) is 14.9. The number of hydrogen-bond donors (Lipinski definition) is 4. The predicted molar refractivity (Wildman–Crippen MR) is 231 cm³/mol. The zero-order valence-electron chi connectivity index (χ0n) is 35.0. The molecule has 0 fully saturated rings. The topological polar surface area (TPSA) is 131 Å². The standard InChI is InChI=1S/C45H85N2O6P/c1-3-5-7-9-11-13-15-17-19-20-21-22-23-24-25-27-29-31-33-35-37-39-45(49)47-43(42-53-54(50,51)52-41-40-46)44(48)38-36-34-32-30-28-26-18-16-14-12-10-8-6-4-2/h15,17,20-21,28,30,36,38,43-44,48H,3-14,16,18-19,22-27,29,31-35,37,39-42,46H2,1-2H3,(H,47,49)(H,50,51)/b17-15-,21-20-,30-28+,38-36+. The molecule has 0 saturated carbocycles. The number of aliphatic hydroxyl groups is 1. The second kappa shape index (κ2) is 41.1. The van der Waals surface area contributed by atoms with E-state index in [4.69, 9.17) is 14.8 Å². The number of unbranched alkanes of at least 4 members (excludes halogenated alkanes) is 23. The van der Waals surface area contributed by atoms with Crippen molar-refractivity contribution in [3.05, 3.63) is 48.6 Å². The molecule has 0 rings (SSSR count). The molecule has 0 aliphatic carbocycles. The van der Waals surface area contributed by atoms with Gasteiger partial charge in [0.05, 0.1) is 25.4 Å². The van der Waals surface area contributed by atoms with Gasteiger partial charge in [-0.1, -0.05) is 178 Å². The molecule has 8 nitrogen and oxygen atoms in total. The monoisotopic (exact) mass is 781 g/mol. The summed E-state index contributed by atoms with van der Waals surface area (Å²) in [6, 6.07) is -0.879. The average molecular weight is 781 g/mol.